The highest BCUT2D eigenvalue weighted by Crippen LogP contribution is 2.32. The average Bonchev–Trinajstić information content (AvgIpc) is 3.47. The van der Waals surface area contributed by atoms with Crippen LogP contribution in [0.15, 0.2) is 96.8 Å². The number of nitrogens with one attached hydrogen (secondary N) is 1. The number of unbranched alkanes of at least 4 members (excludes halogenated alkanes) is 1. The van der Waals surface area contributed by atoms with Gasteiger partial charge in [0.2, 0.25) is 5.78 Å². The summed E-state index contributed by atoms with van der Waals surface area (Å²) in [5.41, 5.74) is 10.6. The number of allylic oxidation sites excluding steroid dienone is 2. The average molecular weight is 595 g/mol. The summed E-state index contributed by atoms with van der Waals surface area (Å²) in [6.07, 6.45) is 5.65. The smallest absolute Gasteiger partial charge is 0.212 e. The Balaban J connectivity index is 1.38. The van der Waals surface area contributed by atoms with Crippen molar-refractivity contribution in [1.29, 1.82) is 0 Å². The highest BCUT2D eigenvalue weighted by molar-refractivity contribution is 6.12. The van der Waals surface area contributed by atoms with Gasteiger partial charge in [-0.3, -0.25) is 4.79 Å². The van der Waals surface area contributed by atoms with E-state index in [0.29, 0.717) is 41.3 Å². The summed E-state index contributed by atoms with van der Waals surface area (Å²) in [5, 5.41) is 1.02. The molecule has 230 valence electrons. The van der Waals surface area contributed by atoms with Gasteiger partial charge in [-0.2, -0.15) is 0 Å². The van der Waals surface area contributed by atoms with Crippen LogP contribution in [0.4, 0.5) is 10.1 Å². The number of Topliss-reactive ketones (excluding diaryl/α,β-unsaturated/α-hetero) is 1. The zero-order valence-corrected chi connectivity index (χ0v) is 26.0. The van der Waals surface area contributed by atoms with Gasteiger partial charge in [-0.15, -0.1) is 0 Å². The normalized spacial score (nSPS) is 14.9. The molecule has 0 bridgehead atoms. The molecule has 0 atom stereocenters. The van der Waals surface area contributed by atoms with E-state index in [1.165, 1.54) is 17.7 Å². The van der Waals surface area contributed by atoms with E-state index in [0.717, 1.165) is 55.4 Å². The van der Waals surface area contributed by atoms with Gasteiger partial charge in [-0.25, -0.2) is 4.39 Å². The Morgan fingerprint density at radius 2 is 1.84 bits per heavy atom. The van der Waals surface area contributed by atoms with Gasteiger partial charge in [-0.1, -0.05) is 44.2 Å². The van der Waals surface area contributed by atoms with Gasteiger partial charge in [0.1, 0.15) is 11.6 Å². The van der Waals surface area contributed by atoms with E-state index < -0.39 is 5.82 Å². The number of aromatic nitrogens is 1. The molecule has 0 spiro atoms. The molecule has 3 aromatic carbocycles. The van der Waals surface area contributed by atoms with Crippen LogP contribution in [0.1, 0.15) is 68.4 Å². The highest BCUT2D eigenvalue weighted by atomic mass is 19.1. The maximum absolute atomic E-state index is 14.1. The van der Waals surface area contributed by atoms with E-state index in [9.17, 15) is 9.18 Å². The number of piperidine rings is 1. The van der Waals surface area contributed by atoms with Crippen molar-refractivity contribution in [3.63, 3.8) is 0 Å². The number of ether oxygens (including phenoxy) is 1. The number of rotatable bonds is 12. The third-order valence-corrected chi connectivity index (χ3v) is 8.58. The highest BCUT2D eigenvalue weighted by Gasteiger charge is 2.24. The first-order valence-corrected chi connectivity index (χ1v) is 15.6. The largest absolute Gasteiger partial charge is 0.454 e. The summed E-state index contributed by atoms with van der Waals surface area (Å²) < 4.78 is 19.8. The summed E-state index contributed by atoms with van der Waals surface area (Å²) in [6.45, 7) is 13.4. The number of H-pyrrole nitrogens is 1. The summed E-state index contributed by atoms with van der Waals surface area (Å²) in [4.78, 5) is 21.6. The number of hydrogen-bond donors (Lipinski definition) is 2. The molecule has 6 nitrogen and oxygen atoms in total. The lowest BCUT2D eigenvalue weighted by atomic mass is 9.88. The summed E-state index contributed by atoms with van der Waals surface area (Å²) in [7, 11) is 0. The number of para-hydroxylation sites is 1. The van der Waals surface area contributed by atoms with Crippen molar-refractivity contribution in [2.24, 2.45) is 5.73 Å². The quantitative estimate of drug-likeness (QED) is 0.0977. The summed E-state index contributed by atoms with van der Waals surface area (Å²) in [6, 6.07) is 22.5. The van der Waals surface area contributed by atoms with Gasteiger partial charge in [0.15, 0.2) is 11.6 Å². The fourth-order valence-corrected chi connectivity index (χ4v) is 5.93. The molecule has 5 rings (SSSR count). The van der Waals surface area contributed by atoms with Crippen molar-refractivity contribution < 1.29 is 13.9 Å². The SMILES string of the molecule is C=C/C(C(=O)c1cc2cc(C3CCN(C(C)C)CC3)ccc2[nH]1)=C(/N)N(CCCC)c1ccc(Oc2ccccc2F)cc1. The number of anilines is 1. The second-order valence-electron chi connectivity index (χ2n) is 11.8. The minimum absolute atomic E-state index is 0.156. The van der Waals surface area contributed by atoms with Crippen LogP contribution >= 0.6 is 0 Å². The van der Waals surface area contributed by atoms with E-state index >= 15 is 0 Å². The number of carbonyl (C=O) groups is 1. The Kier molecular flexibility index (Phi) is 9.85. The molecule has 4 aromatic rings. The van der Waals surface area contributed by atoms with Crippen molar-refractivity contribution in [3.05, 3.63) is 114 Å². The summed E-state index contributed by atoms with van der Waals surface area (Å²) >= 11 is 0. The fraction of sp³-hybridized carbons (Fsp3) is 0.324. The minimum atomic E-state index is -0.428. The molecule has 0 saturated carbocycles. The van der Waals surface area contributed by atoms with Crippen LogP contribution in [0.5, 0.6) is 11.5 Å². The van der Waals surface area contributed by atoms with Gasteiger partial charge in [-0.05, 0) is 112 Å². The molecule has 3 N–H and O–H groups in total. The number of nitrogens with two attached hydrogens (primary N) is 1. The number of halogens is 1. The standard InChI is InChI=1S/C37H43FN4O2/c1-5-7-20-42(29-13-15-30(16-14-29)44-35-11-9-8-10-32(35)38)37(39)31(6-2)36(43)34-24-28-23-27(12-17-33(28)40-34)26-18-21-41(22-19-26)25(3)4/h6,8-17,23-26,40H,2,5,7,18-22,39H2,1,3-4H3/b37-31+. The molecule has 0 unspecified atom stereocenters. The van der Waals surface area contributed by atoms with Crippen molar-refractivity contribution in [2.45, 2.75) is 58.4 Å². The maximum Gasteiger partial charge on any atom is 0.212 e. The van der Waals surface area contributed by atoms with E-state index in [-0.39, 0.29) is 11.5 Å². The van der Waals surface area contributed by atoms with E-state index in [4.69, 9.17) is 10.5 Å². The predicted molar refractivity (Wildman–Crippen MR) is 178 cm³/mol. The molecule has 1 aliphatic heterocycles. The third kappa shape index (κ3) is 6.89. The van der Waals surface area contributed by atoms with Gasteiger partial charge in [0, 0.05) is 29.2 Å². The van der Waals surface area contributed by atoms with Crippen LogP contribution in [-0.4, -0.2) is 41.3 Å². The first-order chi connectivity index (χ1) is 21.3. The van der Waals surface area contributed by atoms with Gasteiger partial charge in [0.25, 0.3) is 0 Å². The van der Waals surface area contributed by atoms with Gasteiger partial charge < -0.3 is 25.3 Å². The molecule has 0 radical (unpaired) electrons. The van der Waals surface area contributed by atoms with Gasteiger partial charge >= 0.3 is 0 Å². The Morgan fingerprint density at radius 3 is 2.50 bits per heavy atom. The Hall–Kier alpha value is -4.36. The van der Waals surface area contributed by atoms with Crippen LogP contribution < -0.4 is 15.4 Å². The molecule has 1 saturated heterocycles. The number of nitrogens with zero attached hydrogens (tertiary/aromatic N) is 2. The Bertz CT molecular complexity index is 1630. The molecule has 0 amide bonds. The lowest BCUT2D eigenvalue weighted by Crippen LogP contribution is -2.37. The number of carbonyl (C=O) groups excluding carboxylic acids is 1. The lowest BCUT2D eigenvalue weighted by molar-refractivity contribution is 0.103. The minimum Gasteiger partial charge on any atom is -0.454 e. The second-order valence-corrected chi connectivity index (χ2v) is 11.8. The first kappa shape index (κ1) is 31.1. The maximum atomic E-state index is 14.1. The van der Waals surface area contributed by atoms with Crippen LogP contribution in [0.3, 0.4) is 0 Å². The number of ketones is 1. The number of aromatic amines is 1. The topological polar surface area (TPSA) is 74.6 Å². The van der Waals surface area contributed by atoms with E-state index in [1.54, 1.807) is 30.3 Å². The number of benzene rings is 3. The fourth-order valence-electron chi connectivity index (χ4n) is 5.93. The molecule has 0 aliphatic carbocycles. The van der Waals surface area contributed by atoms with Crippen LogP contribution in [0, 0.1) is 5.82 Å². The monoisotopic (exact) mass is 594 g/mol. The zero-order valence-electron chi connectivity index (χ0n) is 26.0. The van der Waals surface area contributed by atoms with Crippen LogP contribution in [0.25, 0.3) is 10.9 Å². The predicted octanol–water partition coefficient (Wildman–Crippen LogP) is 8.53. The van der Waals surface area contributed by atoms with E-state index in [2.05, 4.69) is 55.4 Å². The van der Waals surface area contributed by atoms with Crippen molar-refractivity contribution >= 4 is 22.4 Å². The third-order valence-electron chi connectivity index (χ3n) is 8.58. The van der Waals surface area contributed by atoms with Crippen molar-refractivity contribution in [2.75, 3.05) is 24.5 Å². The lowest BCUT2D eigenvalue weighted by Gasteiger charge is -2.34. The van der Waals surface area contributed by atoms with Crippen LogP contribution in [-0.2, 0) is 0 Å². The Labute approximate surface area is 260 Å². The summed E-state index contributed by atoms with van der Waals surface area (Å²) in [5.74, 6) is 0.878. The second kappa shape index (κ2) is 14.0. The first-order valence-electron chi connectivity index (χ1n) is 15.6. The molecule has 1 aliphatic rings. The van der Waals surface area contributed by atoms with E-state index in [1.807, 2.05) is 23.1 Å². The molecular formula is C37H43FN4O2. The molecule has 1 fully saturated rings. The number of likely N-dealkylation sites (tertiary alicyclic amines) is 1. The number of hydrogen-bond acceptors (Lipinski definition) is 5. The van der Waals surface area contributed by atoms with Gasteiger partial charge in [0.05, 0.1) is 11.3 Å². The number of fused-ring (bicyclic) bond motifs is 1. The molecule has 44 heavy (non-hydrogen) atoms. The molecule has 7 heteroatoms. The molecular weight excluding hydrogens is 551 g/mol. The van der Waals surface area contributed by atoms with Crippen LogP contribution in [0.2, 0.25) is 0 Å². The van der Waals surface area contributed by atoms with Crippen molar-refractivity contribution in [3.8, 4) is 11.5 Å². The zero-order chi connectivity index (χ0) is 31.2. The molecule has 1 aromatic heterocycles. The molecule has 2 heterocycles. The van der Waals surface area contributed by atoms with Crippen molar-refractivity contribution in [1.82, 2.24) is 9.88 Å². The Morgan fingerprint density at radius 1 is 1.11 bits per heavy atom.